The summed E-state index contributed by atoms with van der Waals surface area (Å²) in [6, 6.07) is 0. The molecule has 5 heavy (non-hydrogen) atoms. The summed E-state index contributed by atoms with van der Waals surface area (Å²) in [5, 5.41) is 0. The molecule has 0 rings (SSSR count). The first kappa shape index (κ1) is 33.1. The molecule has 0 aromatic heterocycles. The quantitative estimate of drug-likeness (QED) is 0.601. The van der Waals surface area contributed by atoms with Crippen LogP contribution in [-0.2, 0) is 43.7 Å². The predicted molar refractivity (Wildman–Crippen MR) is 11.7 cm³/mol. The zero-order valence-corrected chi connectivity index (χ0v) is 8.00. The van der Waals surface area contributed by atoms with Crippen molar-refractivity contribution in [2.75, 3.05) is 0 Å². The van der Waals surface area contributed by atoms with E-state index in [4.69, 9.17) is 0 Å². The van der Waals surface area contributed by atoms with Gasteiger partial charge in [0.25, 0.3) is 0 Å². The van der Waals surface area contributed by atoms with Crippen molar-refractivity contribution in [2.24, 2.45) is 4.14 Å². The maximum atomic E-state index is 4.61. The topological polar surface area (TPSA) is 61.0 Å². The molecule has 33 valence electrons. The Hall–Kier alpha value is 1.33. The summed E-state index contributed by atoms with van der Waals surface area (Å²) >= 11 is 0.944. The van der Waals surface area contributed by atoms with Crippen molar-refractivity contribution >= 4 is 0 Å². The Morgan fingerprint density at radius 3 is 1.20 bits per heavy atom. The number of hydrogen-bond donors (Lipinski definition) is 2. The molecular formula is H6FN2NbTa. The van der Waals surface area contributed by atoms with E-state index in [0.717, 1.165) is 21.3 Å². The average Bonchev–Trinajstić information content (AvgIpc) is 1.00. The second-order valence-electron chi connectivity index (χ2n) is 0. The van der Waals surface area contributed by atoms with Gasteiger partial charge in [-0.15, -0.1) is 0 Å². The maximum absolute atomic E-state index is 4.61. The second kappa shape index (κ2) is 56.5. The van der Waals surface area contributed by atoms with Gasteiger partial charge >= 0.3 is 25.5 Å². The van der Waals surface area contributed by atoms with E-state index in [0.29, 0.717) is 0 Å². The molecule has 0 unspecified atom stereocenters. The molecule has 2 nitrogen and oxygen atoms in total. The zero-order valence-electron chi connectivity index (χ0n) is 2.59. The summed E-state index contributed by atoms with van der Waals surface area (Å²) in [7, 11) is 0. The monoisotopic (exact) mass is 327 g/mol. The summed E-state index contributed by atoms with van der Waals surface area (Å²) in [5.74, 6) is 0. The summed E-state index contributed by atoms with van der Waals surface area (Å²) < 4.78 is 4.61. The molecule has 0 aromatic carbocycles. The normalized spacial score (nSPS) is 1.00. The van der Waals surface area contributed by atoms with Crippen LogP contribution in [0, 0.1) is 0 Å². The fourth-order valence-corrected chi connectivity index (χ4v) is 0. The molecule has 0 saturated carbocycles. The molecule has 0 heterocycles. The first-order chi connectivity index (χ1) is 1.00. The number of hydrogen-bond acceptors (Lipinski definition) is 2. The van der Waals surface area contributed by atoms with E-state index >= 15 is 0 Å². The van der Waals surface area contributed by atoms with Gasteiger partial charge in [-0.25, -0.2) is 0 Å². The molecule has 0 amide bonds. The first-order valence-corrected chi connectivity index (χ1v) is 2.11. The van der Waals surface area contributed by atoms with E-state index in [2.05, 4.69) is 4.14 Å². The third-order valence-electron chi connectivity index (χ3n) is 0. The van der Waals surface area contributed by atoms with Gasteiger partial charge in [0.1, 0.15) is 0 Å². The van der Waals surface area contributed by atoms with Crippen LogP contribution < -0.4 is 10.3 Å². The Labute approximate surface area is 58.6 Å². The Morgan fingerprint density at radius 2 is 1.20 bits per heavy atom. The molecule has 0 aliphatic heterocycles. The van der Waals surface area contributed by atoms with Crippen molar-refractivity contribution in [3.8, 4) is 0 Å². The minimum absolute atomic E-state index is 0. The fourth-order valence-electron chi connectivity index (χ4n) is 0. The van der Waals surface area contributed by atoms with E-state index in [1.54, 1.807) is 0 Å². The number of halogens is 1. The molecule has 1 radical (unpaired) electrons. The Morgan fingerprint density at radius 1 is 1.20 bits per heavy atom. The van der Waals surface area contributed by atoms with Gasteiger partial charge in [-0.1, -0.05) is 0 Å². The third-order valence-corrected chi connectivity index (χ3v) is 0. The van der Waals surface area contributed by atoms with Crippen LogP contribution >= 0.6 is 0 Å². The van der Waals surface area contributed by atoms with Crippen molar-refractivity contribution in [2.45, 2.75) is 0 Å². The van der Waals surface area contributed by atoms with Crippen molar-refractivity contribution < 1.29 is 48.4 Å². The molecule has 0 saturated heterocycles. The Balaban J connectivity index is -0.00000000167. The van der Waals surface area contributed by atoms with Gasteiger partial charge in [0.15, 0.2) is 0 Å². The molecular weight excluding hydrogens is 321 g/mol. The van der Waals surface area contributed by atoms with E-state index < -0.39 is 0 Å². The largest absolute Gasteiger partial charge is 0 e. The minimum atomic E-state index is 0. The van der Waals surface area contributed by atoms with Crippen LogP contribution in [0.15, 0.2) is 0 Å². The predicted octanol–water partition coefficient (Wildman–Crippen LogP) is -0.281. The van der Waals surface area contributed by atoms with Crippen LogP contribution in [0.25, 0.3) is 0 Å². The van der Waals surface area contributed by atoms with Crippen LogP contribution in [0.4, 0.5) is 4.70 Å². The molecule has 0 atom stereocenters. The third kappa shape index (κ3) is 33.4. The van der Waals surface area contributed by atoms with Crippen molar-refractivity contribution in [3.63, 3.8) is 0 Å². The second-order valence-corrected chi connectivity index (χ2v) is 0. The van der Waals surface area contributed by atoms with Crippen molar-refractivity contribution in [1.82, 2.24) is 6.15 Å². The summed E-state index contributed by atoms with van der Waals surface area (Å²) in [6.45, 7) is 0. The summed E-state index contributed by atoms with van der Waals surface area (Å²) in [4.78, 5) is 0. The summed E-state index contributed by atoms with van der Waals surface area (Å²) in [5.41, 5.74) is 0. The van der Waals surface area contributed by atoms with Crippen LogP contribution in [-0.4, -0.2) is 0 Å². The number of rotatable bonds is 0. The molecule has 5 N–H and O–H groups in total. The minimum Gasteiger partial charge on any atom is 0 e. The molecule has 0 spiro atoms. The number of nitrogens with two attached hydrogens (primary N) is 1. The van der Waals surface area contributed by atoms with Crippen molar-refractivity contribution in [1.29, 1.82) is 0 Å². The SMILES string of the molecule is F.N.[NH2][Ta].[Nb]. The van der Waals surface area contributed by atoms with Crippen molar-refractivity contribution in [3.05, 3.63) is 0 Å². The van der Waals surface area contributed by atoms with E-state index in [9.17, 15) is 0 Å². The molecule has 5 heteroatoms. The smallest absolute Gasteiger partial charge is 0 e. The van der Waals surface area contributed by atoms with Gasteiger partial charge in [-0.05, 0) is 0 Å². The summed E-state index contributed by atoms with van der Waals surface area (Å²) in [6.07, 6.45) is 0. The van der Waals surface area contributed by atoms with Crippen LogP contribution in [0.5, 0.6) is 0 Å². The molecule has 0 fully saturated rings. The van der Waals surface area contributed by atoms with Gasteiger partial charge in [-0.2, -0.15) is 0 Å². The first-order valence-electron chi connectivity index (χ1n) is 0.258. The molecule has 0 bridgehead atoms. The fraction of sp³-hybridized carbons (Fsp3) is 0. The van der Waals surface area contributed by atoms with Gasteiger partial charge in [0.05, 0.1) is 0 Å². The van der Waals surface area contributed by atoms with Gasteiger partial charge in [0, 0.05) is 22.4 Å². The van der Waals surface area contributed by atoms with E-state index in [-0.39, 0.29) is 33.2 Å². The molecule has 0 aliphatic carbocycles. The van der Waals surface area contributed by atoms with Crippen LogP contribution in [0.2, 0.25) is 0 Å². The van der Waals surface area contributed by atoms with E-state index in [1.807, 2.05) is 0 Å². The zero-order chi connectivity index (χ0) is 2.00. The Kier molecular flexibility index (Phi) is 374. The van der Waals surface area contributed by atoms with Crippen LogP contribution in [0.3, 0.4) is 0 Å². The standard InChI is InChI=1S/FH.H3N.H2N.Nb.Ta/h1H;1H3;1H2;;/q;;-1;;+1. The van der Waals surface area contributed by atoms with E-state index in [1.165, 1.54) is 0 Å². The molecule has 0 aromatic rings. The molecule has 0 aliphatic rings. The Bertz CT molecular complexity index is 9.61. The van der Waals surface area contributed by atoms with Gasteiger partial charge in [0.2, 0.25) is 0 Å². The maximum Gasteiger partial charge on any atom is 0 e. The van der Waals surface area contributed by atoms with Crippen LogP contribution in [0.1, 0.15) is 0 Å². The van der Waals surface area contributed by atoms with Gasteiger partial charge < -0.3 is 6.15 Å². The van der Waals surface area contributed by atoms with Gasteiger partial charge in [-0.3, -0.25) is 4.70 Å². The average molecular weight is 327 g/mol.